The number of fused-ring (bicyclic) bond motifs is 1. The van der Waals surface area contributed by atoms with Crippen LogP contribution in [0, 0.1) is 35.0 Å². The maximum atomic E-state index is 13.4. The fourth-order valence-electron chi connectivity index (χ4n) is 6.05. The summed E-state index contributed by atoms with van der Waals surface area (Å²) in [6, 6.07) is 0. The molecule has 2 N–H and O–H groups in total. The zero-order valence-corrected chi connectivity index (χ0v) is 24.2. The van der Waals surface area contributed by atoms with Gasteiger partial charge in [-0.25, -0.2) is 0 Å². The van der Waals surface area contributed by atoms with Gasteiger partial charge in [-0.3, -0.25) is 14.4 Å². The van der Waals surface area contributed by atoms with E-state index in [4.69, 9.17) is 9.47 Å². The molecule has 0 spiro atoms. The molecular formula is C31H49NO6. The lowest BCUT2D eigenvalue weighted by Crippen LogP contribution is -2.43. The lowest BCUT2D eigenvalue weighted by Gasteiger charge is -2.44. The van der Waals surface area contributed by atoms with Crippen molar-refractivity contribution in [2.75, 3.05) is 6.54 Å². The molecule has 1 fully saturated rings. The summed E-state index contributed by atoms with van der Waals surface area (Å²) >= 11 is 0. The van der Waals surface area contributed by atoms with Crippen molar-refractivity contribution >= 4 is 17.8 Å². The minimum atomic E-state index is -0.766. The second-order valence-electron chi connectivity index (χ2n) is 12.9. The minimum absolute atomic E-state index is 0.0251. The Bertz CT molecular complexity index is 906. The summed E-state index contributed by atoms with van der Waals surface area (Å²) in [6.07, 6.45) is 10.0. The molecule has 0 aromatic heterocycles. The van der Waals surface area contributed by atoms with Crippen LogP contribution >= 0.6 is 0 Å². The molecule has 1 amide bonds. The van der Waals surface area contributed by atoms with Crippen LogP contribution in [0.4, 0.5) is 0 Å². The Morgan fingerprint density at radius 2 is 1.95 bits per heavy atom. The number of hydrogen-bond acceptors (Lipinski definition) is 6. The maximum absolute atomic E-state index is 13.4. The van der Waals surface area contributed by atoms with Gasteiger partial charge in [0.05, 0.1) is 17.9 Å². The highest BCUT2D eigenvalue weighted by atomic mass is 16.6. The highest BCUT2D eigenvalue weighted by Gasteiger charge is 2.43. The van der Waals surface area contributed by atoms with Gasteiger partial charge in [0.1, 0.15) is 12.2 Å². The molecular weight excluding hydrogens is 482 g/mol. The zero-order chi connectivity index (χ0) is 28.0. The van der Waals surface area contributed by atoms with Crippen molar-refractivity contribution in [2.24, 2.45) is 35.0 Å². The molecule has 7 nitrogen and oxygen atoms in total. The quantitative estimate of drug-likeness (QED) is 0.359. The number of nitrogens with one attached hydrogen (secondary N) is 1. The number of rotatable bonds is 11. The van der Waals surface area contributed by atoms with Gasteiger partial charge in [0.2, 0.25) is 5.91 Å². The Hall–Kier alpha value is -2.15. The van der Waals surface area contributed by atoms with E-state index in [1.807, 2.05) is 13.8 Å². The van der Waals surface area contributed by atoms with Crippen molar-refractivity contribution in [3.8, 4) is 0 Å². The number of amides is 1. The molecule has 0 radical (unpaired) electrons. The molecule has 1 saturated heterocycles. The zero-order valence-electron chi connectivity index (χ0n) is 24.2. The number of carbonyl (C=O) groups is 3. The summed E-state index contributed by atoms with van der Waals surface area (Å²) in [5, 5.41) is 13.0. The highest BCUT2D eigenvalue weighted by molar-refractivity contribution is 5.79. The van der Waals surface area contributed by atoms with Gasteiger partial charge in [-0.15, -0.1) is 0 Å². The number of allylic oxidation sites excluding steroid dienone is 3. The average Bonchev–Trinajstić information content (AvgIpc) is 2.81. The third-order valence-electron chi connectivity index (χ3n) is 8.48. The van der Waals surface area contributed by atoms with Gasteiger partial charge in [-0.1, -0.05) is 45.9 Å². The summed E-state index contributed by atoms with van der Waals surface area (Å²) in [6.45, 7) is 13.0. The number of cyclic esters (lactones) is 1. The van der Waals surface area contributed by atoms with Gasteiger partial charge >= 0.3 is 11.9 Å². The summed E-state index contributed by atoms with van der Waals surface area (Å²) in [4.78, 5) is 37.6. The second kappa shape index (κ2) is 13.3. The van der Waals surface area contributed by atoms with Crippen LogP contribution in [0.3, 0.4) is 0 Å². The molecule has 214 valence electrons. The first-order valence-corrected chi connectivity index (χ1v) is 14.6. The molecule has 3 aliphatic rings. The van der Waals surface area contributed by atoms with Crippen LogP contribution in [0.2, 0.25) is 0 Å². The number of ether oxygens (including phenoxy) is 2. The molecule has 0 aromatic rings. The SMILES string of the molecule is CC(C)CCNC(=O)CCC(C)(C)C(=O)O[C@H]1C[C@@H](C)C=C2C=C[C@H](C)[C@H](CC[C@@H]3C[C@@H](O)CC(=O)O3)[C@H]21. The lowest BCUT2D eigenvalue weighted by molar-refractivity contribution is -0.166. The summed E-state index contributed by atoms with van der Waals surface area (Å²) in [5.74, 6) is 0.822. The molecule has 0 aromatic carbocycles. The lowest BCUT2D eigenvalue weighted by atomic mass is 9.65. The molecule has 3 rings (SSSR count). The molecule has 7 atom stereocenters. The fourth-order valence-corrected chi connectivity index (χ4v) is 6.05. The average molecular weight is 532 g/mol. The molecule has 38 heavy (non-hydrogen) atoms. The monoisotopic (exact) mass is 531 g/mol. The Labute approximate surface area is 228 Å². The van der Waals surface area contributed by atoms with Crippen LogP contribution in [0.25, 0.3) is 0 Å². The number of aliphatic hydroxyl groups is 1. The van der Waals surface area contributed by atoms with E-state index in [0.29, 0.717) is 50.0 Å². The van der Waals surface area contributed by atoms with E-state index in [1.54, 1.807) is 0 Å². The van der Waals surface area contributed by atoms with E-state index < -0.39 is 11.5 Å². The highest BCUT2D eigenvalue weighted by Crippen LogP contribution is 2.45. The molecule has 7 heteroatoms. The smallest absolute Gasteiger partial charge is 0.311 e. The van der Waals surface area contributed by atoms with Crippen LogP contribution < -0.4 is 5.32 Å². The van der Waals surface area contributed by atoms with Crippen LogP contribution in [-0.4, -0.2) is 47.8 Å². The third kappa shape index (κ3) is 8.42. The standard InChI is InChI=1S/C31H49NO6/c1-19(2)12-14-32-27(34)11-13-31(5,6)30(36)38-26-16-20(3)15-22-8-7-21(4)25(29(22)26)10-9-24-17-23(33)18-28(35)37-24/h7-8,15,19-21,23-26,29,33H,9-14,16-18H2,1-6H3,(H,32,34)/t20-,21-,23+,24+,25-,26-,29-/m0/s1. The predicted octanol–water partition coefficient (Wildman–Crippen LogP) is 5.12. The van der Waals surface area contributed by atoms with Crippen molar-refractivity contribution in [1.82, 2.24) is 5.32 Å². The normalized spacial score (nSPS) is 31.3. The van der Waals surface area contributed by atoms with Gasteiger partial charge in [0.25, 0.3) is 0 Å². The van der Waals surface area contributed by atoms with E-state index in [1.165, 1.54) is 5.57 Å². The fraction of sp³-hybridized carbons (Fsp3) is 0.774. The van der Waals surface area contributed by atoms with Gasteiger partial charge in [0.15, 0.2) is 0 Å². The van der Waals surface area contributed by atoms with E-state index in [9.17, 15) is 19.5 Å². The van der Waals surface area contributed by atoms with Crippen LogP contribution in [-0.2, 0) is 23.9 Å². The molecule has 2 aliphatic carbocycles. The van der Waals surface area contributed by atoms with Crippen molar-refractivity contribution in [3.63, 3.8) is 0 Å². The van der Waals surface area contributed by atoms with Gasteiger partial charge < -0.3 is 19.9 Å². The Morgan fingerprint density at radius 3 is 2.63 bits per heavy atom. The van der Waals surface area contributed by atoms with Crippen molar-refractivity contribution in [2.45, 2.75) is 111 Å². The van der Waals surface area contributed by atoms with Crippen molar-refractivity contribution in [1.29, 1.82) is 0 Å². The van der Waals surface area contributed by atoms with E-state index in [2.05, 4.69) is 51.2 Å². The van der Waals surface area contributed by atoms with E-state index in [0.717, 1.165) is 19.3 Å². The molecule has 0 saturated carbocycles. The largest absolute Gasteiger partial charge is 0.462 e. The van der Waals surface area contributed by atoms with Crippen molar-refractivity contribution < 1.29 is 29.0 Å². The third-order valence-corrected chi connectivity index (χ3v) is 8.48. The second-order valence-corrected chi connectivity index (χ2v) is 12.9. The Morgan fingerprint density at radius 1 is 1.21 bits per heavy atom. The number of aliphatic hydroxyl groups excluding tert-OH is 1. The first kappa shape index (κ1) is 30.4. The predicted molar refractivity (Wildman–Crippen MR) is 147 cm³/mol. The van der Waals surface area contributed by atoms with E-state index in [-0.39, 0.29) is 48.3 Å². The topological polar surface area (TPSA) is 102 Å². The van der Waals surface area contributed by atoms with Crippen molar-refractivity contribution in [3.05, 3.63) is 23.8 Å². The van der Waals surface area contributed by atoms with Gasteiger partial charge in [-0.2, -0.15) is 0 Å². The van der Waals surface area contributed by atoms with E-state index >= 15 is 0 Å². The minimum Gasteiger partial charge on any atom is -0.462 e. The first-order valence-electron chi connectivity index (χ1n) is 14.6. The van der Waals surface area contributed by atoms with Crippen LogP contribution in [0.15, 0.2) is 23.8 Å². The molecule has 0 unspecified atom stereocenters. The molecule has 1 heterocycles. The number of hydrogen-bond donors (Lipinski definition) is 2. The van der Waals surface area contributed by atoms with Crippen LogP contribution in [0.1, 0.15) is 92.9 Å². The van der Waals surface area contributed by atoms with Gasteiger partial charge in [0, 0.05) is 25.3 Å². The number of carbonyl (C=O) groups excluding carboxylic acids is 3. The molecule has 0 bridgehead atoms. The Kier molecular flexibility index (Phi) is 10.6. The maximum Gasteiger partial charge on any atom is 0.311 e. The number of esters is 2. The summed E-state index contributed by atoms with van der Waals surface area (Å²) < 4.78 is 11.8. The van der Waals surface area contributed by atoms with Crippen LogP contribution in [0.5, 0.6) is 0 Å². The Balaban J connectivity index is 1.64. The van der Waals surface area contributed by atoms with Gasteiger partial charge in [-0.05, 0) is 75.2 Å². The summed E-state index contributed by atoms with van der Waals surface area (Å²) in [7, 11) is 0. The summed E-state index contributed by atoms with van der Waals surface area (Å²) in [5.41, 5.74) is 0.450. The molecule has 1 aliphatic heterocycles. The first-order chi connectivity index (χ1) is 17.9.